The fraction of sp³-hybridized carbons (Fsp3) is 0.355. The summed E-state index contributed by atoms with van der Waals surface area (Å²) in [4.78, 5) is 32.7. The maximum atomic E-state index is 13.6. The van der Waals surface area contributed by atoms with Crippen LogP contribution in [0.5, 0.6) is 0 Å². The summed E-state index contributed by atoms with van der Waals surface area (Å²) in [6, 6.07) is 15.7. The quantitative estimate of drug-likeness (QED) is 0.410. The van der Waals surface area contributed by atoms with Crippen LogP contribution >= 0.6 is 11.8 Å². The van der Waals surface area contributed by atoms with E-state index in [2.05, 4.69) is 22.3 Å². The van der Waals surface area contributed by atoms with Gasteiger partial charge in [-0.1, -0.05) is 48.2 Å². The molecule has 1 N–H and O–H groups in total. The molecule has 38 heavy (non-hydrogen) atoms. The number of carbonyl (C=O) groups is 2. The number of allylic oxidation sites excluding steroid dienone is 4. The monoisotopic (exact) mass is 531 g/mol. The molecule has 2 aromatic carbocycles. The molecular weight excluding hydrogens is 497 g/mol. The predicted octanol–water partition coefficient (Wildman–Crippen LogP) is 5.90. The summed E-state index contributed by atoms with van der Waals surface area (Å²) in [5.74, 6) is -0.485. The average Bonchev–Trinajstić information content (AvgIpc) is 3.41. The number of amides is 2. The van der Waals surface area contributed by atoms with Crippen LogP contribution < -0.4 is 10.2 Å². The molecule has 0 aromatic heterocycles. The van der Waals surface area contributed by atoms with Crippen molar-refractivity contribution in [2.75, 3.05) is 37.6 Å². The SMILES string of the molecule is O=C(NCCCN1CCCC1)c1ccc2c(c1)N(CC1C=CC(F)=CC1)C(=O)C=C(Cc1ccccc1)S2. The predicted molar refractivity (Wildman–Crippen MR) is 152 cm³/mol. The summed E-state index contributed by atoms with van der Waals surface area (Å²) in [5, 5.41) is 3.05. The van der Waals surface area contributed by atoms with E-state index in [1.807, 2.05) is 42.5 Å². The Kier molecular flexibility index (Phi) is 8.76. The molecule has 1 saturated heterocycles. The Hall–Kier alpha value is -3.16. The van der Waals surface area contributed by atoms with Crippen LogP contribution in [0, 0.1) is 5.92 Å². The number of hydrogen-bond acceptors (Lipinski definition) is 4. The Morgan fingerprint density at radius 2 is 1.92 bits per heavy atom. The topological polar surface area (TPSA) is 52.7 Å². The van der Waals surface area contributed by atoms with E-state index in [1.165, 1.54) is 18.9 Å². The molecule has 7 heteroatoms. The summed E-state index contributed by atoms with van der Waals surface area (Å²) in [5.41, 5.74) is 2.40. The molecule has 0 saturated carbocycles. The molecule has 2 aromatic rings. The van der Waals surface area contributed by atoms with Crippen molar-refractivity contribution in [3.05, 3.63) is 94.7 Å². The zero-order valence-corrected chi connectivity index (χ0v) is 22.4. The van der Waals surface area contributed by atoms with Gasteiger partial charge in [0.1, 0.15) is 5.83 Å². The van der Waals surface area contributed by atoms with Crippen molar-refractivity contribution in [3.63, 3.8) is 0 Å². The highest BCUT2D eigenvalue weighted by molar-refractivity contribution is 8.03. The largest absolute Gasteiger partial charge is 0.352 e. The maximum absolute atomic E-state index is 13.6. The summed E-state index contributed by atoms with van der Waals surface area (Å²) in [6.07, 6.45) is 11.2. The Balaban J connectivity index is 1.34. The molecule has 3 aliphatic rings. The summed E-state index contributed by atoms with van der Waals surface area (Å²) in [7, 11) is 0. The van der Waals surface area contributed by atoms with Crippen LogP contribution in [0.1, 0.15) is 41.6 Å². The molecule has 2 amide bonds. The van der Waals surface area contributed by atoms with Crippen molar-refractivity contribution < 1.29 is 14.0 Å². The van der Waals surface area contributed by atoms with Crippen LogP contribution in [-0.2, 0) is 11.2 Å². The zero-order chi connectivity index (χ0) is 26.3. The highest BCUT2D eigenvalue weighted by Gasteiger charge is 2.26. The van der Waals surface area contributed by atoms with Crippen LogP contribution in [0.25, 0.3) is 0 Å². The number of thioether (sulfide) groups is 1. The normalized spacial score (nSPS) is 19.6. The minimum Gasteiger partial charge on any atom is -0.352 e. The van der Waals surface area contributed by atoms with Crippen molar-refractivity contribution >= 4 is 29.3 Å². The Bertz CT molecular complexity index is 1250. The summed E-state index contributed by atoms with van der Waals surface area (Å²) in [6.45, 7) is 4.35. The highest BCUT2D eigenvalue weighted by atomic mass is 32.2. The molecule has 1 atom stereocenters. The van der Waals surface area contributed by atoms with Crippen molar-refractivity contribution in [2.24, 2.45) is 5.92 Å². The minimum atomic E-state index is -0.242. The number of hydrogen-bond donors (Lipinski definition) is 1. The fourth-order valence-corrected chi connectivity index (χ4v) is 6.25. The molecule has 1 aliphatic carbocycles. The molecule has 2 heterocycles. The molecule has 198 valence electrons. The number of halogens is 1. The smallest absolute Gasteiger partial charge is 0.251 e. The molecule has 5 nitrogen and oxygen atoms in total. The molecule has 0 bridgehead atoms. The number of anilines is 1. The summed E-state index contributed by atoms with van der Waals surface area (Å²) >= 11 is 1.57. The van der Waals surface area contributed by atoms with Gasteiger partial charge in [0, 0.05) is 36.0 Å². The highest BCUT2D eigenvalue weighted by Crippen LogP contribution is 2.40. The van der Waals surface area contributed by atoms with E-state index in [4.69, 9.17) is 0 Å². The van der Waals surface area contributed by atoms with E-state index in [9.17, 15) is 14.0 Å². The lowest BCUT2D eigenvalue weighted by atomic mass is 9.99. The van der Waals surface area contributed by atoms with Gasteiger partial charge in [0.25, 0.3) is 11.8 Å². The molecule has 1 unspecified atom stereocenters. The number of benzene rings is 2. The van der Waals surface area contributed by atoms with Gasteiger partial charge in [-0.2, -0.15) is 0 Å². The van der Waals surface area contributed by atoms with E-state index in [0.717, 1.165) is 47.1 Å². The molecule has 0 radical (unpaired) electrons. The second kappa shape index (κ2) is 12.6. The first-order chi connectivity index (χ1) is 18.5. The Labute approximate surface area is 228 Å². The summed E-state index contributed by atoms with van der Waals surface area (Å²) < 4.78 is 13.6. The van der Waals surface area contributed by atoms with Gasteiger partial charge in [0.05, 0.1) is 5.69 Å². The van der Waals surface area contributed by atoms with Crippen molar-refractivity contribution in [2.45, 2.75) is 37.0 Å². The third-order valence-corrected chi connectivity index (χ3v) is 8.31. The van der Waals surface area contributed by atoms with E-state index < -0.39 is 0 Å². The Morgan fingerprint density at radius 1 is 1.11 bits per heavy atom. The van der Waals surface area contributed by atoms with Gasteiger partial charge in [0.15, 0.2) is 0 Å². The second-order valence-electron chi connectivity index (χ2n) is 10.1. The first-order valence-corrected chi connectivity index (χ1v) is 14.3. The van der Waals surface area contributed by atoms with Crippen molar-refractivity contribution in [1.82, 2.24) is 10.2 Å². The fourth-order valence-electron chi connectivity index (χ4n) is 5.15. The molecular formula is C31H34FN3O2S. The minimum absolute atomic E-state index is 0.00319. The Morgan fingerprint density at radius 3 is 2.68 bits per heavy atom. The third kappa shape index (κ3) is 6.83. The van der Waals surface area contributed by atoms with Gasteiger partial charge in [-0.15, -0.1) is 0 Å². The molecule has 1 fully saturated rings. The maximum Gasteiger partial charge on any atom is 0.251 e. The average molecular weight is 532 g/mol. The first kappa shape index (κ1) is 26.4. The number of fused-ring (bicyclic) bond motifs is 1. The number of likely N-dealkylation sites (tertiary alicyclic amines) is 1. The van der Waals surface area contributed by atoms with Gasteiger partial charge >= 0.3 is 0 Å². The van der Waals surface area contributed by atoms with E-state index >= 15 is 0 Å². The number of carbonyl (C=O) groups excluding carboxylic acids is 2. The van der Waals surface area contributed by atoms with Gasteiger partial charge < -0.3 is 15.1 Å². The third-order valence-electron chi connectivity index (χ3n) is 7.22. The van der Waals surface area contributed by atoms with Crippen LogP contribution in [0.2, 0.25) is 0 Å². The van der Waals surface area contributed by atoms with Crippen LogP contribution in [-0.4, -0.2) is 49.4 Å². The lowest BCUT2D eigenvalue weighted by Gasteiger charge is -2.27. The molecule has 5 rings (SSSR count). The number of nitrogens with zero attached hydrogens (tertiary/aromatic N) is 2. The first-order valence-electron chi connectivity index (χ1n) is 13.5. The number of rotatable bonds is 9. The zero-order valence-electron chi connectivity index (χ0n) is 21.6. The molecule has 0 spiro atoms. The lowest BCUT2D eigenvalue weighted by Crippen LogP contribution is -2.34. The van der Waals surface area contributed by atoms with Gasteiger partial charge in [-0.3, -0.25) is 9.59 Å². The van der Waals surface area contributed by atoms with Gasteiger partial charge in [-0.25, -0.2) is 4.39 Å². The lowest BCUT2D eigenvalue weighted by molar-refractivity contribution is -0.114. The van der Waals surface area contributed by atoms with E-state index in [1.54, 1.807) is 28.8 Å². The van der Waals surface area contributed by atoms with Gasteiger partial charge in [0.2, 0.25) is 0 Å². The van der Waals surface area contributed by atoms with E-state index in [-0.39, 0.29) is 23.6 Å². The van der Waals surface area contributed by atoms with E-state index in [0.29, 0.717) is 31.5 Å². The van der Waals surface area contributed by atoms with Gasteiger partial charge in [-0.05, 0) is 92.1 Å². The van der Waals surface area contributed by atoms with Crippen LogP contribution in [0.4, 0.5) is 10.1 Å². The van der Waals surface area contributed by atoms with Crippen LogP contribution in [0.3, 0.4) is 0 Å². The number of nitrogens with one attached hydrogen (secondary N) is 1. The van der Waals surface area contributed by atoms with Crippen molar-refractivity contribution in [1.29, 1.82) is 0 Å². The van der Waals surface area contributed by atoms with Crippen molar-refractivity contribution in [3.8, 4) is 0 Å². The molecule has 2 aliphatic heterocycles. The van der Waals surface area contributed by atoms with Crippen LogP contribution in [0.15, 0.2) is 88.5 Å². The standard InChI is InChI=1S/C31H34FN3O2S/c32-26-12-9-24(10-13-26)22-35-28-20-25(31(37)33-15-6-18-34-16-4-5-17-34)11-14-29(28)38-27(21-30(35)36)19-23-7-2-1-3-8-23/h1-3,7-9,11-14,20-21,24H,4-6,10,15-19,22H2,(H,33,37). The second-order valence-corrected chi connectivity index (χ2v) is 11.3.